The summed E-state index contributed by atoms with van der Waals surface area (Å²) in [7, 11) is 0. The lowest BCUT2D eigenvalue weighted by molar-refractivity contribution is -0.137. The van der Waals surface area contributed by atoms with Gasteiger partial charge in [0.25, 0.3) is 5.91 Å². The molecule has 1 atom stereocenters. The number of allylic oxidation sites excluding steroid dienone is 1. The maximum Gasteiger partial charge on any atom is 0.416 e. The molecule has 3 aromatic rings. The smallest absolute Gasteiger partial charge is 0.381 e. The molecule has 5 rings (SSSR count). The zero-order valence-electron chi connectivity index (χ0n) is 21.1. The van der Waals surface area contributed by atoms with E-state index in [1.807, 2.05) is 6.92 Å². The molecule has 2 N–H and O–H groups in total. The number of ether oxygens (including phenoxy) is 1. The Morgan fingerprint density at radius 1 is 1.13 bits per heavy atom. The van der Waals surface area contributed by atoms with Crippen molar-refractivity contribution in [1.29, 1.82) is 0 Å². The Hall–Kier alpha value is -4.25. The van der Waals surface area contributed by atoms with Crippen molar-refractivity contribution in [3.8, 4) is 5.69 Å². The number of aromatic nitrogens is 2. The zero-order valence-corrected chi connectivity index (χ0v) is 21.1. The van der Waals surface area contributed by atoms with Gasteiger partial charge in [0.2, 0.25) is 5.91 Å². The SMILES string of the molecule is Cc1ccc(NC(=O)c2cccc(C(F)(F)F)c2)cc1-n1cc(C2=C(NC(=O)C3CCOC3)CCN=C2)cn1. The number of benzene rings is 2. The van der Waals surface area contributed by atoms with Gasteiger partial charge in [0.05, 0.1) is 30.0 Å². The van der Waals surface area contributed by atoms with Crippen LogP contribution in [-0.4, -0.2) is 47.6 Å². The molecule has 1 unspecified atom stereocenters. The minimum atomic E-state index is -4.54. The van der Waals surface area contributed by atoms with Crippen LogP contribution in [0.5, 0.6) is 0 Å². The Labute approximate surface area is 222 Å². The van der Waals surface area contributed by atoms with E-state index in [-0.39, 0.29) is 17.4 Å². The van der Waals surface area contributed by atoms with Gasteiger partial charge in [-0.2, -0.15) is 18.3 Å². The number of anilines is 1. The van der Waals surface area contributed by atoms with E-state index in [0.717, 1.165) is 34.5 Å². The van der Waals surface area contributed by atoms with Crippen LogP contribution in [0.15, 0.2) is 65.5 Å². The molecule has 1 fully saturated rings. The Balaban J connectivity index is 1.37. The fraction of sp³-hybridized carbons (Fsp3) is 0.286. The molecule has 3 heterocycles. The number of aliphatic imine (C=N–C) groups is 1. The van der Waals surface area contributed by atoms with E-state index >= 15 is 0 Å². The standard InChI is InChI=1S/C28H26F3N5O3/c1-17-5-6-22(34-26(37)18-3-2-4-21(11-18)28(29,30)31)12-25(17)36-15-20(13-33-36)23-14-32-9-7-24(23)35-27(38)19-8-10-39-16-19/h2-6,11-15,19H,7-10,16H2,1H3,(H,34,37)(H,35,38). The third kappa shape index (κ3) is 5.93. The van der Waals surface area contributed by atoms with Crippen LogP contribution in [0.1, 0.15) is 39.9 Å². The first-order valence-corrected chi connectivity index (χ1v) is 12.5. The first-order chi connectivity index (χ1) is 18.7. The van der Waals surface area contributed by atoms with Gasteiger partial charge in [0, 0.05) is 60.1 Å². The first kappa shape index (κ1) is 26.4. The Kier molecular flexibility index (Phi) is 7.34. The van der Waals surface area contributed by atoms with Crippen molar-refractivity contribution in [3.63, 3.8) is 0 Å². The van der Waals surface area contributed by atoms with Crippen molar-refractivity contribution >= 4 is 29.3 Å². The van der Waals surface area contributed by atoms with Crippen molar-refractivity contribution in [2.24, 2.45) is 10.9 Å². The van der Waals surface area contributed by atoms with E-state index in [0.29, 0.717) is 44.0 Å². The highest BCUT2D eigenvalue weighted by molar-refractivity contribution is 6.12. The van der Waals surface area contributed by atoms with Gasteiger partial charge in [-0.1, -0.05) is 12.1 Å². The summed E-state index contributed by atoms with van der Waals surface area (Å²) in [5, 5.41) is 10.2. The molecule has 2 aliphatic heterocycles. The van der Waals surface area contributed by atoms with Gasteiger partial charge in [0.15, 0.2) is 0 Å². The lowest BCUT2D eigenvalue weighted by Gasteiger charge is -2.17. The molecule has 0 radical (unpaired) electrons. The second-order valence-corrected chi connectivity index (χ2v) is 9.43. The van der Waals surface area contributed by atoms with E-state index in [9.17, 15) is 22.8 Å². The molecule has 0 saturated carbocycles. The number of rotatable bonds is 6. The largest absolute Gasteiger partial charge is 0.416 e. The van der Waals surface area contributed by atoms with Gasteiger partial charge < -0.3 is 15.4 Å². The van der Waals surface area contributed by atoms with Gasteiger partial charge in [0.1, 0.15) is 0 Å². The summed E-state index contributed by atoms with van der Waals surface area (Å²) in [6, 6.07) is 9.42. The minimum absolute atomic E-state index is 0.0669. The van der Waals surface area contributed by atoms with Crippen LogP contribution in [0.2, 0.25) is 0 Å². The minimum Gasteiger partial charge on any atom is -0.381 e. The van der Waals surface area contributed by atoms with Crippen molar-refractivity contribution in [2.45, 2.75) is 25.9 Å². The molecule has 2 aliphatic rings. The molecular weight excluding hydrogens is 511 g/mol. The number of carbonyl (C=O) groups excluding carboxylic acids is 2. The second kappa shape index (κ2) is 10.9. The van der Waals surface area contributed by atoms with E-state index < -0.39 is 17.6 Å². The molecule has 1 aromatic heterocycles. The molecule has 11 heteroatoms. The quantitative estimate of drug-likeness (QED) is 0.473. The van der Waals surface area contributed by atoms with Crippen LogP contribution >= 0.6 is 0 Å². The molecule has 1 saturated heterocycles. The molecule has 0 spiro atoms. The second-order valence-electron chi connectivity index (χ2n) is 9.43. The van der Waals surface area contributed by atoms with Gasteiger partial charge >= 0.3 is 6.18 Å². The zero-order chi connectivity index (χ0) is 27.6. The highest BCUT2D eigenvalue weighted by Gasteiger charge is 2.31. The highest BCUT2D eigenvalue weighted by Crippen LogP contribution is 2.30. The summed E-state index contributed by atoms with van der Waals surface area (Å²) in [6.45, 7) is 3.45. The number of halogens is 3. The fourth-order valence-electron chi connectivity index (χ4n) is 4.48. The average molecular weight is 538 g/mol. The lowest BCUT2D eigenvalue weighted by Crippen LogP contribution is -2.32. The summed E-state index contributed by atoms with van der Waals surface area (Å²) in [6.07, 6.45) is 1.94. The maximum absolute atomic E-state index is 13.1. The number of dihydropyridines is 1. The molecule has 2 aromatic carbocycles. The Bertz CT molecular complexity index is 1470. The number of amides is 2. The molecule has 0 aliphatic carbocycles. The van der Waals surface area contributed by atoms with E-state index in [1.54, 1.807) is 41.5 Å². The molecule has 0 bridgehead atoms. The van der Waals surface area contributed by atoms with E-state index in [4.69, 9.17) is 4.74 Å². The van der Waals surface area contributed by atoms with Crippen LogP contribution in [0.25, 0.3) is 11.3 Å². The molecule has 202 valence electrons. The summed E-state index contributed by atoms with van der Waals surface area (Å²) in [5.74, 6) is -0.895. The third-order valence-electron chi connectivity index (χ3n) is 6.67. The number of hydrogen-bond acceptors (Lipinski definition) is 5. The monoisotopic (exact) mass is 537 g/mol. The van der Waals surface area contributed by atoms with Crippen LogP contribution in [0.3, 0.4) is 0 Å². The van der Waals surface area contributed by atoms with E-state index in [2.05, 4.69) is 20.7 Å². The van der Waals surface area contributed by atoms with Crippen LogP contribution < -0.4 is 10.6 Å². The lowest BCUT2D eigenvalue weighted by atomic mass is 10.0. The van der Waals surface area contributed by atoms with Crippen LogP contribution in [0.4, 0.5) is 18.9 Å². The van der Waals surface area contributed by atoms with Gasteiger partial charge in [-0.3, -0.25) is 14.6 Å². The summed E-state index contributed by atoms with van der Waals surface area (Å²) >= 11 is 0. The van der Waals surface area contributed by atoms with Crippen molar-refractivity contribution < 1.29 is 27.5 Å². The predicted octanol–water partition coefficient (Wildman–Crippen LogP) is 4.79. The first-order valence-electron chi connectivity index (χ1n) is 12.5. The number of nitrogens with zero attached hydrogens (tertiary/aromatic N) is 3. The topological polar surface area (TPSA) is 97.6 Å². The average Bonchev–Trinajstić information content (AvgIpc) is 3.63. The molecule has 2 amide bonds. The Morgan fingerprint density at radius 3 is 2.74 bits per heavy atom. The normalized spacial score (nSPS) is 17.4. The van der Waals surface area contributed by atoms with Gasteiger partial charge in [-0.05, 0) is 49.2 Å². The van der Waals surface area contributed by atoms with Crippen molar-refractivity contribution in [3.05, 3.63) is 82.8 Å². The van der Waals surface area contributed by atoms with E-state index in [1.165, 1.54) is 12.1 Å². The van der Waals surface area contributed by atoms with Crippen LogP contribution in [0, 0.1) is 12.8 Å². The molecular formula is C28H26F3N5O3. The number of carbonyl (C=O) groups is 2. The summed E-state index contributed by atoms with van der Waals surface area (Å²) in [5.41, 5.74) is 3.25. The van der Waals surface area contributed by atoms with Crippen LogP contribution in [-0.2, 0) is 15.7 Å². The number of alkyl halides is 3. The maximum atomic E-state index is 13.1. The van der Waals surface area contributed by atoms with Crippen molar-refractivity contribution in [2.75, 3.05) is 25.1 Å². The van der Waals surface area contributed by atoms with Crippen molar-refractivity contribution in [1.82, 2.24) is 15.1 Å². The number of hydrogen-bond donors (Lipinski definition) is 2. The number of nitrogens with one attached hydrogen (secondary N) is 2. The fourth-order valence-corrected chi connectivity index (χ4v) is 4.48. The highest BCUT2D eigenvalue weighted by atomic mass is 19.4. The van der Waals surface area contributed by atoms with Gasteiger partial charge in [-0.15, -0.1) is 0 Å². The Morgan fingerprint density at radius 2 is 1.97 bits per heavy atom. The van der Waals surface area contributed by atoms with Gasteiger partial charge in [-0.25, -0.2) is 4.68 Å². The molecule has 39 heavy (non-hydrogen) atoms. The summed E-state index contributed by atoms with van der Waals surface area (Å²) < 4.78 is 46.1. The molecule has 8 nitrogen and oxygen atoms in total. The number of aryl methyl sites for hydroxylation is 1. The third-order valence-corrected chi connectivity index (χ3v) is 6.67. The predicted molar refractivity (Wildman–Crippen MR) is 140 cm³/mol. The summed E-state index contributed by atoms with van der Waals surface area (Å²) in [4.78, 5) is 29.7.